The van der Waals surface area contributed by atoms with Crippen molar-refractivity contribution in [1.29, 1.82) is 0 Å². The molecule has 0 bridgehead atoms. The Morgan fingerprint density at radius 3 is 3.00 bits per heavy atom. The zero-order chi connectivity index (χ0) is 12.1. The Hall–Kier alpha value is -0.490. The van der Waals surface area contributed by atoms with Crippen molar-refractivity contribution < 1.29 is 9.47 Å². The molecule has 2 heterocycles. The first-order valence-electron chi connectivity index (χ1n) is 6.14. The van der Waals surface area contributed by atoms with Crippen LogP contribution in [0.4, 0.5) is 0 Å². The third-order valence-corrected chi connectivity index (χ3v) is 4.02. The molecule has 1 aliphatic heterocycles. The summed E-state index contributed by atoms with van der Waals surface area (Å²) in [4.78, 5) is 4.64. The Labute approximate surface area is 106 Å². The molecule has 0 amide bonds. The molecular formula is C12H20N2O2S. The molecule has 96 valence electrons. The first kappa shape index (κ1) is 13.0. The molecule has 2 rings (SSSR count). The highest BCUT2D eigenvalue weighted by atomic mass is 32.1. The van der Waals surface area contributed by atoms with E-state index in [1.807, 2.05) is 6.92 Å². The van der Waals surface area contributed by atoms with Gasteiger partial charge < -0.3 is 15.2 Å². The standard InChI is InChI=1S/C12H20N2O2S/c1-2-15-6-3-11-14-10(9-17-11)12(13)4-7-16-8-5-12/h9H,2-8,13H2,1H3. The van der Waals surface area contributed by atoms with E-state index in [9.17, 15) is 0 Å². The fraction of sp³-hybridized carbons (Fsp3) is 0.750. The average molecular weight is 256 g/mol. The van der Waals surface area contributed by atoms with Gasteiger partial charge in [-0.2, -0.15) is 0 Å². The largest absolute Gasteiger partial charge is 0.381 e. The lowest BCUT2D eigenvalue weighted by molar-refractivity contribution is 0.0509. The lowest BCUT2D eigenvalue weighted by Gasteiger charge is -2.31. The SMILES string of the molecule is CCOCCc1nc(C2(N)CCOCC2)cs1. The van der Waals surface area contributed by atoms with Crippen molar-refractivity contribution in [3.63, 3.8) is 0 Å². The van der Waals surface area contributed by atoms with Gasteiger partial charge in [-0.25, -0.2) is 4.98 Å². The van der Waals surface area contributed by atoms with Crippen LogP contribution in [0.15, 0.2) is 5.38 Å². The molecule has 1 aliphatic rings. The van der Waals surface area contributed by atoms with Gasteiger partial charge in [-0.1, -0.05) is 0 Å². The van der Waals surface area contributed by atoms with Gasteiger partial charge in [0.25, 0.3) is 0 Å². The molecule has 0 aromatic carbocycles. The lowest BCUT2D eigenvalue weighted by Crippen LogP contribution is -2.42. The Morgan fingerprint density at radius 2 is 2.29 bits per heavy atom. The molecule has 2 N–H and O–H groups in total. The summed E-state index contributed by atoms with van der Waals surface area (Å²) in [5, 5.41) is 3.21. The van der Waals surface area contributed by atoms with E-state index in [0.717, 1.165) is 56.4 Å². The summed E-state index contributed by atoms with van der Waals surface area (Å²) in [6, 6.07) is 0. The van der Waals surface area contributed by atoms with E-state index >= 15 is 0 Å². The van der Waals surface area contributed by atoms with Gasteiger partial charge in [-0.3, -0.25) is 0 Å². The summed E-state index contributed by atoms with van der Waals surface area (Å²) >= 11 is 1.68. The number of rotatable bonds is 5. The third-order valence-electron chi connectivity index (χ3n) is 3.11. The van der Waals surface area contributed by atoms with Crippen LogP contribution in [0.1, 0.15) is 30.5 Å². The molecule has 5 heteroatoms. The fourth-order valence-corrected chi connectivity index (χ4v) is 2.84. The number of nitrogens with zero attached hydrogens (tertiary/aromatic N) is 1. The maximum Gasteiger partial charge on any atom is 0.0952 e. The van der Waals surface area contributed by atoms with Crippen LogP contribution in [0.3, 0.4) is 0 Å². The zero-order valence-corrected chi connectivity index (χ0v) is 11.1. The Morgan fingerprint density at radius 1 is 1.53 bits per heavy atom. The van der Waals surface area contributed by atoms with E-state index in [-0.39, 0.29) is 5.54 Å². The lowest BCUT2D eigenvalue weighted by atomic mass is 9.88. The number of nitrogens with two attached hydrogens (primary N) is 1. The number of hydrogen-bond donors (Lipinski definition) is 1. The van der Waals surface area contributed by atoms with Gasteiger partial charge >= 0.3 is 0 Å². The van der Waals surface area contributed by atoms with Gasteiger partial charge in [0, 0.05) is 31.6 Å². The summed E-state index contributed by atoms with van der Waals surface area (Å²) in [6.45, 7) is 4.98. The van der Waals surface area contributed by atoms with Crippen LogP contribution >= 0.6 is 11.3 Å². The topological polar surface area (TPSA) is 57.4 Å². The molecule has 17 heavy (non-hydrogen) atoms. The quantitative estimate of drug-likeness (QED) is 0.814. The van der Waals surface area contributed by atoms with Gasteiger partial charge in [-0.05, 0) is 19.8 Å². The molecular weight excluding hydrogens is 236 g/mol. The molecule has 0 spiro atoms. The molecule has 1 aromatic heterocycles. The molecule has 0 saturated carbocycles. The van der Waals surface area contributed by atoms with Crippen LogP contribution < -0.4 is 5.73 Å². The molecule has 0 atom stereocenters. The van der Waals surface area contributed by atoms with Crippen molar-refractivity contribution in [3.8, 4) is 0 Å². The first-order chi connectivity index (χ1) is 8.24. The predicted octanol–water partition coefficient (Wildman–Crippen LogP) is 1.69. The first-order valence-corrected chi connectivity index (χ1v) is 7.02. The van der Waals surface area contributed by atoms with Crippen LogP contribution in [0.2, 0.25) is 0 Å². The fourth-order valence-electron chi connectivity index (χ4n) is 1.95. The van der Waals surface area contributed by atoms with Crippen LogP contribution in [0.25, 0.3) is 0 Å². The monoisotopic (exact) mass is 256 g/mol. The van der Waals surface area contributed by atoms with E-state index < -0.39 is 0 Å². The second kappa shape index (κ2) is 5.91. The van der Waals surface area contributed by atoms with Crippen LogP contribution in [0.5, 0.6) is 0 Å². The minimum absolute atomic E-state index is 0.279. The van der Waals surface area contributed by atoms with Crippen LogP contribution in [-0.2, 0) is 21.4 Å². The van der Waals surface area contributed by atoms with Crippen LogP contribution in [0, 0.1) is 0 Å². The summed E-state index contributed by atoms with van der Waals surface area (Å²) in [5.41, 5.74) is 7.13. The molecule has 1 aromatic rings. The average Bonchev–Trinajstić information content (AvgIpc) is 2.80. The minimum atomic E-state index is -0.279. The number of thiazole rings is 1. The summed E-state index contributed by atoms with van der Waals surface area (Å²) in [5.74, 6) is 0. The summed E-state index contributed by atoms with van der Waals surface area (Å²) in [6.07, 6.45) is 2.61. The van der Waals surface area contributed by atoms with Gasteiger partial charge in [0.1, 0.15) is 0 Å². The van der Waals surface area contributed by atoms with Crippen molar-refractivity contribution in [3.05, 3.63) is 16.1 Å². The zero-order valence-electron chi connectivity index (χ0n) is 10.3. The van der Waals surface area contributed by atoms with Crippen molar-refractivity contribution in [1.82, 2.24) is 4.98 Å². The Balaban J connectivity index is 1.96. The second-order valence-electron chi connectivity index (χ2n) is 4.34. The van der Waals surface area contributed by atoms with Crippen molar-refractivity contribution in [2.75, 3.05) is 26.4 Å². The maximum atomic E-state index is 6.38. The molecule has 4 nitrogen and oxygen atoms in total. The summed E-state index contributed by atoms with van der Waals surface area (Å²) in [7, 11) is 0. The minimum Gasteiger partial charge on any atom is -0.381 e. The normalized spacial score (nSPS) is 19.4. The highest BCUT2D eigenvalue weighted by Crippen LogP contribution is 2.30. The second-order valence-corrected chi connectivity index (χ2v) is 5.28. The van der Waals surface area contributed by atoms with Crippen molar-refractivity contribution in [2.45, 2.75) is 31.7 Å². The van der Waals surface area contributed by atoms with E-state index in [4.69, 9.17) is 15.2 Å². The molecule has 1 fully saturated rings. The molecule has 0 unspecified atom stereocenters. The number of hydrogen-bond acceptors (Lipinski definition) is 5. The summed E-state index contributed by atoms with van der Waals surface area (Å²) < 4.78 is 10.7. The van der Waals surface area contributed by atoms with Crippen LogP contribution in [-0.4, -0.2) is 31.4 Å². The van der Waals surface area contributed by atoms with Gasteiger partial charge in [0.05, 0.1) is 22.8 Å². The molecule has 0 aliphatic carbocycles. The molecule has 1 saturated heterocycles. The number of ether oxygens (including phenoxy) is 2. The Kier molecular flexibility index (Phi) is 4.50. The molecule has 0 radical (unpaired) electrons. The predicted molar refractivity (Wildman–Crippen MR) is 68.2 cm³/mol. The van der Waals surface area contributed by atoms with E-state index in [1.54, 1.807) is 11.3 Å². The maximum absolute atomic E-state index is 6.38. The third kappa shape index (κ3) is 3.25. The van der Waals surface area contributed by atoms with Gasteiger partial charge in [-0.15, -0.1) is 11.3 Å². The van der Waals surface area contributed by atoms with E-state index in [0.29, 0.717) is 0 Å². The smallest absolute Gasteiger partial charge is 0.0952 e. The van der Waals surface area contributed by atoms with Gasteiger partial charge in [0.2, 0.25) is 0 Å². The Bertz CT molecular complexity index is 348. The van der Waals surface area contributed by atoms with Crippen molar-refractivity contribution >= 4 is 11.3 Å². The van der Waals surface area contributed by atoms with E-state index in [1.165, 1.54) is 0 Å². The highest BCUT2D eigenvalue weighted by Gasteiger charge is 2.32. The highest BCUT2D eigenvalue weighted by molar-refractivity contribution is 7.09. The van der Waals surface area contributed by atoms with Crippen molar-refractivity contribution in [2.24, 2.45) is 5.73 Å². The van der Waals surface area contributed by atoms with Gasteiger partial charge in [0.15, 0.2) is 0 Å². The van der Waals surface area contributed by atoms with E-state index in [2.05, 4.69) is 10.4 Å². The number of aromatic nitrogens is 1.